The number of ether oxygens (including phenoxy) is 1. The zero-order valence-electron chi connectivity index (χ0n) is 12.8. The molecule has 0 unspecified atom stereocenters. The van der Waals surface area contributed by atoms with Crippen LogP contribution in [0.4, 0.5) is 0 Å². The first kappa shape index (κ1) is 15.9. The Labute approximate surface area is 134 Å². The third-order valence-corrected chi connectivity index (χ3v) is 3.45. The molecule has 21 heavy (non-hydrogen) atoms. The lowest BCUT2D eigenvalue weighted by Crippen LogP contribution is -2.23. The van der Waals surface area contributed by atoms with E-state index in [2.05, 4.69) is 58.1 Å². The predicted octanol–water partition coefficient (Wildman–Crippen LogP) is 4.15. The third kappa shape index (κ3) is 4.51. The third-order valence-electron chi connectivity index (χ3n) is 3.02. The van der Waals surface area contributed by atoms with E-state index in [0.29, 0.717) is 17.7 Å². The number of nitrogens with one attached hydrogen (secondary N) is 1. The van der Waals surface area contributed by atoms with E-state index in [4.69, 9.17) is 4.74 Å². The van der Waals surface area contributed by atoms with Crippen molar-refractivity contribution in [1.82, 2.24) is 15.3 Å². The Morgan fingerprint density at radius 2 is 2.00 bits per heavy atom. The summed E-state index contributed by atoms with van der Waals surface area (Å²) in [6, 6.07) is 4.36. The minimum atomic E-state index is 0.408. The largest absolute Gasteiger partial charge is 0.437 e. The van der Waals surface area contributed by atoms with E-state index >= 15 is 0 Å². The van der Waals surface area contributed by atoms with E-state index in [-0.39, 0.29) is 0 Å². The first-order valence-corrected chi connectivity index (χ1v) is 7.74. The summed E-state index contributed by atoms with van der Waals surface area (Å²) < 4.78 is 6.82. The fourth-order valence-electron chi connectivity index (χ4n) is 1.99. The molecule has 0 aromatic carbocycles. The molecule has 0 aliphatic rings. The maximum Gasteiger partial charge on any atom is 0.224 e. The second-order valence-corrected chi connectivity index (χ2v) is 6.26. The van der Waals surface area contributed by atoms with E-state index in [0.717, 1.165) is 22.3 Å². The average Bonchev–Trinajstić information content (AvgIpc) is 2.37. The zero-order valence-corrected chi connectivity index (χ0v) is 14.4. The van der Waals surface area contributed by atoms with Gasteiger partial charge in [-0.05, 0) is 47.5 Å². The van der Waals surface area contributed by atoms with Crippen LogP contribution in [0.1, 0.15) is 30.7 Å². The van der Waals surface area contributed by atoms with Gasteiger partial charge in [0.1, 0.15) is 5.75 Å². The molecule has 2 aromatic rings. The van der Waals surface area contributed by atoms with Crippen molar-refractivity contribution >= 4 is 15.9 Å². The van der Waals surface area contributed by atoms with Crippen molar-refractivity contribution in [3.8, 4) is 11.6 Å². The van der Waals surface area contributed by atoms with Gasteiger partial charge in [-0.1, -0.05) is 13.8 Å². The fraction of sp³-hybridized carbons (Fsp3) is 0.375. The lowest BCUT2D eigenvalue weighted by atomic mass is 10.1. The number of rotatable bonds is 5. The number of hydrogen-bond donors (Lipinski definition) is 1. The molecule has 0 bridgehead atoms. The first-order valence-electron chi connectivity index (χ1n) is 6.94. The van der Waals surface area contributed by atoms with Gasteiger partial charge in [0, 0.05) is 34.5 Å². The number of pyridine rings is 2. The fourth-order valence-corrected chi connectivity index (χ4v) is 2.34. The highest BCUT2D eigenvalue weighted by Gasteiger charge is 2.12. The van der Waals surface area contributed by atoms with Gasteiger partial charge in [0.2, 0.25) is 5.88 Å². The summed E-state index contributed by atoms with van der Waals surface area (Å²) in [4.78, 5) is 8.65. The molecular formula is C16H20BrN3O. The minimum absolute atomic E-state index is 0.408. The van der Waals surface area contributed by atoms with Gasteiger partial charge in [-0.15, -0.1) is 0 Å². The van der Waals surface area contributed by atoms with Crippen LogP contribution >= 0.6 is 15.9 Å². The molecule has 0 radical (unpaired) electrons. The van der Waals surface area contributed by atoms with Gasteiger partial charge in [0.05, 0.1) is 6.20 Å². The zero-order chi connectivity index (χ0) is 15.4. The van der Waals surface area contributed by atoms with Gasteiger partial charge in [-0.3, -0.25) is 4.98 Å². The number of aromatic nitrogens is 2. The predicted molar refractivity (Wildman–Crippen MR) is 87.7 cm³/mol. The van der Waals surface area contributed by atoms with E-state index in [1.54, 1.807) is 12.4 Å². The van der Waals surface area contributed by atoms with Crippen molar-refractivity contribution < 1.29 is 4.74 Å². The van der Waals surface area contributed by atoms with Crippen LogP contribution in [-0.2, 0) is 6.54 Å². The Hall–Kier alpha value is -1.46. The van der Waals surface area contributed by atoms with Crippen molar-refractivity contribution in [2.45, 2.75) is 40.3 Å². The molecular weight excluding hydrogens is 330 g/mol. The minimum Gasteiger partial charge on any atom is -0.437 e. The molecule has 0 spiro atoms. The lowest BCUT2D eigenvalue weighted by molar-refractivity contribution is 0.446. The highest BCUT2D eigenvalue weighted by Crippen LogP contribution is 2.27. The van der Waals surface area contributed by atoms with Crippen molar-refractivity contribution in [1.29, 1.82) is 0 Å². The van der Waals surface area contributed by atoms with E-state index in [1.807, 2.05) is 13.0 Å². The van der Waals surface area contributed by atoms with Crippen LogP contribution in [0.5, 0.6) is 11.6 Å². The molecule has 0 saturated heterocycles. The highest BCUT2D eigenvalue weighted by atomic mass is 79.9. The molecule has 4 nitrogen and oxygen atoms in total. The number of nitrogens with zero attached hydrogens (tertiary/aromatic N) is 2. The summed E-state index contributed by atoms with van der Waals surface area (Å²) in [5, 5.41) is 3.41. The van der Waals surface area contributed by atoms with Crippen LogP contribution in [0, 0.1) is 13.8 Å². The van der Waals surface area contributed by atoms with Crippen LogP contribution in [-0.4, -0.2) is 16.0 Å². The van der Waals surface area contributed by atoms with Gasteiger partial charge in [0.15, 0.2) is 0 Å². The van der Waals surface area contributed by atoms with E-state index in [9.17, 15) is 0 Å². The standard InChI is InChI=1S/C16H20BrN3O/c1-10(2)19-9-15-11(3)5-12(4)20-16(15)21-14-6-13(17)7-18-8-14/h5-8,10,19H,9H2,1-4H3. The summed E-state index contributed by atoms with van der Waals surface area (Å²) >= 11 is 3.40. The second-order valence-electron chi connectivity index (χ2n) is 5.34. The molecule has 0 atom stereocenters. The second kappa shape index (κ2) is 7.00. The summed E-state index contributed by atoms with van der Waals surface area (Å²) in [5.74, 6) is 1.31. The Kier molecular flexibility index (Phi) is 5.31. The normalized spacial score (nSPS) is 11.0. The van der Waals surface area contributed by atoms with Crippen molar-refractivity contribution in [2.24, 2.45) is 0 Å². The molecule has 2 heterocycles. The Balaban J connectivity index is 2.32. The first-order chi connectivity index (χ1) is 9.95. The van der Waals surface area contributed by atoms with Crippen LogP contribution in [0.15, 0.2) is 29.0 Å². The molecule has 5 heteroatoms. The van der Waals surface area contributed by atoms with Crippen LogP contribution in [0.3, 0.4) is 0 Å². The molecule has 0 aliphatic heterocycles. The summed E-state index contributed by atoms with van der Waals surface area (Å²) in [6.07, 6.45) is 3.41. The maximum absolute atomic E-state index is 5.94. The summed E-state index contributed by atoms with van der Waals surface area (Å²) in [7, 11) is 0. The molecule has 2 rings (SSSR count). The SMILES string of the molecule is Cc1cc(C)c(CNC(C)C)c(Oc2cncc(Br)c2)n1. The molecule has 1 N–H and O–H groups in total. The Bertz CT molecular complexity index is 629. The lowest BCUT2D eigenvalue weighted by Gasteiger charge is -2.15. The van der Waals surface area contributed by atoms with Crippen molar-refractivity contribution in [2.75, 3.05) is 0 Å². The molecule has 0 fully saturated rings. The number of hydrogen-bond acceptors (Lipinski definition) is 4. The van der Waals surface area contributed by atoms with Gasteiger partial charge in [-0.2, -0.15) is 0 Å². The average molecular weight is 350 g/mol. The number of halogens is 1. The van der Waals surface area contributed by atoms with E-state index in [1.165, 1.54) is 5.56 Å². The van der Waals surface area contributed by atoms with Gasteiger partial charge >= 0.3 is 0 Å². The molecule has 0 saturated carbocycles. The molecule has 2 aromatic heterocycles. The van der Waals surface area contributed by atoms with Crippen LogP contribution in [0.2, 0.25) is 0 Å². The topological polar surface area (TPSA) is 47.0 Å². The molecule has 0 aliphatic carbocycles. The summed E-state index contributed by atoms with van der Waals surface area (Å²) in [5.41, 5.74) is 3.20. The van der Waals surface area contributed by atoms with Crippen LogP contribution in [0.25, 0.3) is 0 Å². The van der Waals surface area contributed by atoms with Gasteiger partial charge in [-0.25, -0.2) is 4.98 Å². The Morgan fingerprint density at radius 1 is 1.24 bits per heavy atom. The monoisotopic (exact) mass is 349 g/mol. The Morgan fingerprint density at radius 3 is 2.67 bits per heavy atom. The highest BCUT2D eigenvalue weighted by molar-refractivity contribution is 9.10. The molecule has 112 valence electrons. The van der Waals surface area contributed by atoms with Crippen molar-refractivity contribution in [3.63, 3.8) is 0 Å². The van der Waals surface area contributed by atoms with Gasteiger partial charge in [0.25, 0.3) is 0 Å². The van der Waals surface area contributed by atoms with Crippen molar-refractivity contribution in [3.05, 3.63) is 45.8 Å². The van der Waals surface area contributed by atoms with E-state index < -0.39 is 0 Å². The van der Waals surface area contributed by atoms with Gasteiger partial charge < -0.3 is 10.1 Å². The smallest absolute Gasteiger partial charge is 0.224 e. The number of aryl methyl sites for hydroxylation is 2. The molecule has 0 amide bonds. The quantitative estimate of drug-likeness (QED) is 0.880. The maximum atomic E-state index is 5.94. The van der Waals surface area contributed by atoms with Crippen LogP contribution < -0.4 is 10.1 Å². The summed E-state index contributed by atoms with van der Waals surface area (Å²) in [6.45, 7) is 9.02.